The average Bonchev–Trinajstić information content (AvgIpc) is 2.96. The van der Waals surface area contributed by atoms with Crippen LogP contribution in [0.1, 0.15) is 20.9 Å². The molecule has 0 unspecified atom stereocenters. The van der Waals surface area contributed by atoms with Crippen molar-refractivity contribution in [3.63, 3.8) is 0 Å². The van der Waals surface area contributed by atoms with Gasteiger partial charge in [-0.1, -0.05) is 41.1 Å². The van der Waals surface area contributed by atoms with Crippen molar-refractivity contribution >= 4 is 39.8 Å². The zero-order valence-electron chi connectivity index (χ0n) is 13.2. The van der Waals surface area contributed by atoms with E-state index in [9.17, 15) is 9.18 Å². The van der Waals surface area contributed by atoms with E-state index in [1.807, 2.05) is 0 Å². The molecule has 0 saturated heterocycles. The maximum Gasteiger partial charge on any atom is 0.263 e. The molecule has 2 N–H and O–H groups in total. The van der Waals surface area contributed by atoms with Crippen LogP contribution in [0.25, 0.3) is 0 Å². The minimum atomic E-state index is -0.347. The van der Waals surface area contributed by atoms with Gasteiger partial charge in [0.1, 0.15) is 16.5 Å². The Kier molecular flexibility index (Phi) is 5.25. The zero-order chi connectivity index (χ0) is 17.8. The van der Waals surface area contributed by atoms with Gasteiger partial charge in [-0.15, -0.1) is 0 Å². The summed E-state index contributed by atoms with van der Waals surface area (Å²) in [5.74, 6) is -0.0631. The first kappa shape index (κ1) is 17.3. The molecule has 0 radical (unpaired) electrons. The molecule has 3 rings (SSSR count). The molecule has 1 amide bonds. The second-order valence-electron chi connectivity index (χ2n) is 5.19. The summed E-state index contributed by atoms with van der Waals surface area (Å²) in [7, 11) is 0. The zero-order valence-corrected chi connectivity index (χ0v) is 14.8. The molecule has 1 aromatic carbocycles. The van der Waals surface area contributed by atoms with Crippen molar-refractivity contribution in [1.82, 2.24) is 15.3 Å². The molecule has 5 nitrogen and oxygen atoms in total. The van der Waals surface area contributed by atoms with Crippen LogP contribution in [-0.4, -0.2) is 15.9 Å². The predicted molar refractivity (Wildman–Crippen MR) is 97.0 cm³/mol. The Bertz CT molecular complexity index is 898. The summed E-state index contributed by atoms with van der Waals surface area (Å²) in [5.41, 5.74) is 1.02. The van der Waals surface area contributed by atoms with Crippen LogP contribution in [0.4, 0.5) is 15.3 Å². The molecule has 25 heavy (non-hydrogen) atoms. The largest absolute Gasteiger partial charge is 0.347 e. The van der Waals surface area contributed by atoms with E-state index in [4.69, 9.17) is 11.6 Å². The highest BCUT2D eigenvalue weighted by Gasteiger charge is 2.16. The Labute approximate surface area is 152 Å². The molecule has 0 saturated carbocycles. The summed E-state index contributed by atoms with van der Waals surface area (Å²) in [6, 6.07) is 9.76. The molecule has 0 bridgehead atoms. The number of halogens is 2. The van der Waals surface area contributed by atoms with Crippen LogP contribution in [0.15, 0.2) is 42.6 Å². The van der Waals surface area contributed by atoms with Gasteiger partial charge in [-0.3, -0.25) is 4.79 Å². The van der Waals surface area contributed by atoms with Gasteiger partial charge in [0.25, 0.3) is 5.91 Å². The van der Waals surface area contributed by atoms with Crippen molar-refractivity contribution in [2.75, 3.05) is 5.32 Å². The number of aromatic nitrogens is 2. The van der Waals surface area contributed by atoms with Crippen molar-refractivity contribution in [1.29, 1.82) is 0 Å². The van der Waals surface area contributed by atoms with Gasteiger partial charge in [0.05, 0.1) is 10.7 Å². The quantitative estimate of drug-likeness (QED) is 0.696. The number of hydrogen-bond acceptors (Lipinski definition) is 5. The highest BCUT2D eigenvalue weighted by atomic mass is 35.5. The van der Waals surface area contributed by atoms with Crippen molar-refractivity contribution in [3.05, 3.63) is 69.6 Å². The monoisotopic (exact) mass is 376 g/mol. The van der Waals surface area contributed by atoms with Crippen LogP contribution in [0, 0.1) is 12.7 Å². The molecule has 0 aliphatic rings. The average molecular weight is 377 g/mol. The molecule has 0 atom stereocenters. The first-order valence-corrected chi connectivity index (χ1v) is 8.60. The Morgan fingerprint density at radius 2 is 2.08 bits per heavy atom. The third kappa shape index (κ3) is 4.32. The number of rotatable bonds is 5. The lowest BCUT2D eigenvalue weighted by Crippen LogP contribution is -2.23. The van der Waals surface area contributed by atoms with Crippen molar-refractivity contribution in [2.45, 2.75) is 13.5 Å². The number of amides is 1. The van der Waals surface area contributed by atoms with Gasteiger partial charge >= 0.3 is 0 Å². The lowest BCUT2D eigenvalue weighted by Gasteiger charge is -2.05. The normalized spacial score (nSPS) is 10.5. The fraction of sp³-hybridized carbons (Fsp3) is 0.118. The fourth-order valence-electron chi connectivity index (χ4n) is 2.12. The number of anilines is 2. The number of aryl methyl sites for hydroxylation is 1. The number of carbonyl (C=O) groups excluding carboxylic acids is 1. The molecule has 3 aromatic rings. The van der Waals surface area contributed by atoms with E-state index in [-0.39, 0.29) is 18.3 Å². The number of thiazole rings is 1. The van der Waals surface area contributed by atoms with E-state index in [0.717, 1.165) is 0 Å². The van der Waals surface area contributed by atoms with Crippen LogP contribution in [0.5, 0.6) is 0 Å². The highest BCUT2D eigenvalue weighted by Crippen LogP contribution is 2.25. The van der Waals surface area contributed by atoms with Crippen LogP contribution < -0.4 is 10.6 Å². The number of carbonyl (C=O) groups is 1. The second-order valence-corrected chi connectivity index (χ2v) is 6.63. The van der Waals surface area contributed by atoms with E-state index in [2.05, 4.69) is 20.6 Å². The van der Waals surface area contributed by atoms with Gasteiger partial charge in [0, 0.05) is 18.3 Å². The van der Waals surface area contributed by atoms with E-state index in [0.29, 0.717) is 32.1 Å². The lowest BCUT2D eigenvalue weighted by molar-refractivity contribution is 0.0954. The summed E-state index contributed by atoms with van der Waals surface area (Å²) >= 11 is 7.00. The van der Waals surface area contributed by atoms with Gasteiger partial charge in [-0.2, -0.15) is 0 Å². The van der Waals surface area contributed by atoms with Gasteiger partial charge in [0.2, 0.25) is 0 Å². The first-order chi connectivity index (χ1) is 12.0. The molecule has 8 heteroatoms. The molecule has 0 aliphatic heterocycles. The second kappa shape index (κ2) is 7.58. The molecular weight excluding hydrogens is 363 g/mol. The smallest absolute Gasteiger partial charge is 0.263 e. The summed E-state index contributed by atoms with van der Waals surface area (Å²) < 4.78 is 13.6. The maximum absolute atomic E-state index is 13.6. The highest BCUT2D eigenvalue weighted by molar-refractivity contribution is 7.17. The number of benzene rings is 1. The molecule has 0 fully saturated rings. The lowest BCUT2D eigenvalue weighted by atomic mass is 10.2. The minimum absolute atomic E-state index is 0.115. The van der Waals surface area contributed by atoms with E-state index in [1.165, 1.54) is 23.6 Å². The van der Waals surface area contributed by atoms with Crippen LogP contribution in [0.2, 0.25) is 5.02 Å². The summed E-state index contributed by atoms with van der Waals surface area (Å²) in [6.45, 7) is 1.86. The number of hydrogen-bond donors (Lipinski definition) is 2. The molecule has 128 valence electrons. The van der Waals surface area contributed by atoms with Crippen molar-refractivity contribution in [3.8, 4) is 0 Å². The molecule has 2 aromatic heterocycles. The van der Waals surface area contributed by atoms with E-state index in [1.54, 1.807) is 37.3 Å². The van der Waals surface area contributed by atoms with Crippen LogP contribution in [-0.2, 0) is 6.54 Å². The van der Waals surface area contributed by atoms with Gasteiger partial charge in [-0.25, -0.2) is 14.4 Å². The van der Waals surface area contributed by atoms with E-state index < -0.39 is 0 Å². The fourth-order valence-corrected chi connectivity index (χ4v) is 3.12. The molecule has 2 heterocycles. The van der Waals surface area contributed by atoms with E-state index >= 15 is 0 Å². The Morgan fingerprint density at radius 1 is 1.28 bits per heavy atom. The Morgan fingerprint density at radius 3 is 2.80 bits per heavy atom. The van der Waals surface area contributed by atoms with Gasteiger partial charge in [-0.05, 0) is 25.1 Å². The third-order valence-corrected chi connectivity index (χ3v) is 4.66. The predicted octanol–water partition coefficient (Wildman–Crippen LogP) is 4.31. The molecular formula is C17H14ClFN4OS. The first-order valence-electron chi connectivity index (χ1n) is 7.40. The molecule has 0 aliphatic carbocycles. The minimum Gasteiger partial charge on any atom is -0.347 e. The van der Waals surface area contributed by atoms with Gasteiger partial charge < -0.3 is 10.6 Å². The van der Waals surface area contributed by atoms with Crippen molar-refractivity contribution in [2.24, 2.45) is 0 Å². The van der Waals surface area contributed by atoms with Crippen LogP contribution >= 0.6 is 22.9 Å². The van der Waals surface area contributed by atoms with Crippen LogP contribution in [0.3, 0.4) is 0 Å². The standard InChI is InChI=1S/C17H14ClFN4OS/c1-10-15(16(24)21-8-11-4-2-3-5-13(11)19)25-17(22-10)23-14-7-6-12(18)9-20-14/h2-7,9H,8H2,1H3,(H,21,24)(H,20,22,23). The number of nitrogens with zero attached hydrogens (tertiary/aromatic N) is 2. The SMILES string of the molecule is Cc1nc(Nc2ccc(Cl)cn2)sc1C(=O)NCc1ccccc1F. The third-order valence-electron chi connectivity index (χ3n) is 3.36. The maximum atomic E-state index is 13.6. The number of nitrogens with one attached hydrogen (secondary N) is 2. The number of pyridine rings is 1. The summed E-state index contributed by atoms with van der Waals surface area (Å²) in [6.07, 6.45) is 1.52. The topological polar surface area (TPSA) is 66.9 Å². The van der Waals surface area contributed by atoms with Gasteiger partial charge in [0.15, 0.2) is 5.13 Å². The summed E-state index contributed by atoms with van der Waals surface area (Å²) in [4.78, 5) is 21.2. The summed E-state index contributed by atoms with van der Waals surface area (Å²) in [5, 5.41) is 6.82. The molecule has 0 spiro atoms. The Balaban J connectivity index is 1.68. The Hall–Kier alpha value is -2.51. The van der Waals surface area contributed by atoms with Crippen molar-refractivity contribution < 1.29 is 9.18 Å².